The van der Waals surface area contributed by atoms with Crippen LogP contribution in [0.3, 0.4) is 0 Å². The second-order valence-electron chi connectivity index (χ2n) is 3.68. The van der Waals surface area contributed by atoms with E-state index < -0.39 is 0 Å². The molecule has 0 bridgehead atoms. The van der Waals surface area contributed by atoms with Gasteiger partial charge in [0.2, 0.25) is 0 Å². The molecule has 0 atom stereocenters. The molecule has 0 saturated heterocycles. The Hall–Kier alpha value is -0.990. The van der Waals surface area contributed by atoms with Gasteiger partial charge in [0, 0.05) is 20.8 Å². The summed E-state index contributed by atoms with van der Waals surface area (Å²) in [6.07, 6.45) is 3.54. The van der Waals surface area contributed by atoms with Gasteiger partial charge in [-0.15, -0.1) is 0 Å². The molecule has 3 nitrogen and oxygen atoms in total. The third kappa shape index (κ3) is 2.00. The second-order valence-corrected chi connectivity index (χ2v) is 3.68. The van der Waals surface area contributed by atoms with Gasteiger partial charge in [-0.25, -0.2) is 0 Å². The van der Waals surface area contributed by atoms with Gasteiger partial charge in [-0.2, -0.15) is 4.57 Å². The number of hydrogen-bond acceptors (Lipinski definition) is 2. The maximum absolute atomic E-state index is 5.19. The van der Waals surface area contributed by atoms with Crippen LogP contribution in [0.15, 0.2) is 17.0 Å². The lowest BCUT2D eigenvalue weighted by Gasteiger charge is -2.07. The predicted octanol–water partition coefficient (Wildman–Crippen LogP) is 1.72. The molecule has 0 aromatic carbocycles. The Morgan fingerprint density at radius 1 is 1.50 bits per heavy atom. The maximum atomic E-state index is 5.19. The van der Waals surface area contributed by atoms with Crippen molar-refractivity contribution in [2.24, 2.45) is 0 Å². The molecule has 0 unspecified atom stereocenters. The van der Waals surface area contributed by atoms with Crippen LogP contribution in [0.25, 0.3) is 0 Å². The maximum Gasteiger partial charge on any atom is 0.356 e. The molecule has 12 heavy (non-hydrogen) atoms. The third-order valence-corrected chi connectivity index (χ3v) is 1.59. The molecular weight excluding hydrogens is 154 g/mol. The van der Waals surface area contributed by atoms with Crippen molar-refractivity contribution in [2.75, 3.05) is 6.61 Å². The quantitative estimate of drug-likeness (QED) is 0.632. The van der Waals surface area contributed by atoms with E-state index in [4.69, 9.17) is 9.15 Å². The van der Waals surface area contributed by atoms with E-state index in [1.165, 1.54) is 0 Å². The fourth-order valence-electron chi connectivity index (χ4n) is 0.848. The first-order chi connectivity index (χ1) is 5.54. The van der Waals surface area contributed by atoms with Crippen LogP contribution < -0.4 is 9.30 Å². The highest BCUT2D eigenvalue weighted by molar-refractivity contribution is 4.90. The molecular formula is C9H16NO2+. The van der Waals surface area contributed by atoms with E-state index in [1.807, 2.05) is 17.7 Å². The Morgan fingerprint density at radius 3 is 2.58 bits per heavy atom. The van der Waals surface area contributed by atoms with Crippen LogP contribution in [0.1, 0.15) is 27.7 Å². The molecule has 1 heterocycles. The molecule has 1 aromatic heterocycles. The summed E-state index contributed by atoms with van der Waals surface area (Å²) >= 11 is 0. The average Bonchev–Trinajstić information content (AvgIpc) is 2.35. The van der Waals surface area contributed by atoms with Gasteiger partial charge in [-0.3, -0.25) is 0 Å². The van der Waals surface area contributed by atoms with Crippen LogP contribution in [-0.4, -0.2) is 6.61 Å². The molecule has 0 aliphatic carbocycles. The number of rotatable bonds is 2. The van der Waals surface area contributed by atoms with Crippen LogP contribution in [0.4, 0.5) is 0 Å². The Bertz CT molecular complexity index is 247. The molecule has 0 amide bonds. The van der Waals surface area contributed by atoms with Crippen LogP contribution in [0, 0.1) is 0 Å². The topological polar surface area (TPSA) is 26.2 Å². The van der Waals surface area contributed by atoms with E-state index in [0.717, 1.165) is 0 Å². The van der Waals surface area contributed by atoms with Crippen molar-refractivity contribution in [3.05, 3.63) is 12.6 Å². The van der Waals surface area contributed by atoms with E-state index in [0.29, 0.717) is 12.6 Å². The summed E-state index contributed by atoms with van der Waals surface area (Å²) < 4.78 is 12.4. The van der Waals surface area contributed by atoms with Crippen molar-refractivity contribution < 1.29 is 13.7 Å². The largest absolute Gasteiger partial charge is 0.461 e. The summed E-state index contributed by atoms with van der Waals surface area (Å²) in [5.74, 6) is 0.576. The first-order valence-corrected chi connectivity index (χ1v) is 4.17. The molecule has 0 radical (unpaired) electrons. The van der Waals surface area contributed by atoms with Gasteiger partial charge in [0.25, 0.3) is 6.20 Å². The molecule has 0 aliphatic rings. The standard InChI is InChI=1S/C9H16NO2/c1-5-11-8-6-10(7-12-8)9(2,3)4/h6-7H,5H2,1-4H3/q+1. The van der Waals surface area contributed by atoms with Crippen LogP contribution in [0.2, 0.25) is 0 Å². The lowest BCUT2D eigenvalue weighted by Crippen LogP contribution is -2.48. The predicted molar refractivity (Wildman–Crippen MR) is 45.1 cm³/mol. The SMILES string of the molecule is CCOc1c[n+](C(C)(C)C)co1. The molecule has 3 heteroatoms. The molecule has 0 fully saturated rings. The number of hydrogen-bond donors (Lipinski definition) is 0. The fraction of sp³-hybridized carbons (Fsp3) is 0.667. The Kier molecular flexibility index (Phi) is 2.40. The molecule has 1 aromatic rings. The Morgan fingerprint density at radius 2 is 2.17 bits per heavy atom. The lowest BCUT2D eigenvalue weighted by atomic mass is 10.1. The van der Waals surface area contributed by atoms with E-state index in [-0.39, 0.29) is 5.54 Å². The summed E-state index contributed by atoms with van der Waals surface area (Å²) in [6, 6.07) is 0. The van der Waals surface area contributed by atoms with Gasteiger partial charge in [-0.1, -0.05) is 0 Å². The van der Waals surface area contributed by atoms with E-state index in [2.05, 4.69) is 20.8 Å². The summed E-state index contributed by atoms with van der Waals surface area (Å²) in [4.78, 5) is 0. The lowest BCUT2D eigenvalue weighted by molar-refractivity contribution is -0.756. The summed E-state index contributed by atoms with van der Waals surface area (Å²) in [6.45, 7) is 8.90. The van der Waals surface area contributed by atoms with Crippen molar-refractivity contribution in [2.45, 2.75) is 33.2 Å². The molecule has 68 valence electrons. The number of oxazole rings is 1. The van der Waals surface area contributed by atoms with Crippen molar-refractivity contribution in [3.8, 4) is 5.95 Å². The molecule has 1 rings (SSSR count). The summed E-state index contributed by atoms with van der Waals surface area (Å²) in [5, 5.41) is 0. The molecule has 0 spiro atoms. The minimum absolute atomic E-state index is 0.0544. The van der Waals surface area contributed by atoms with E-state index >= 15 is 0 Å². The van der Waals surface area contributed by atoms with Gasteiger partial charge >= 0.3 is 12.3 Å². The van der Waals surface area contributed by atoms with Crippen molar-refractivity contribution in [3.63, 3.8) is 0 Å². The minimum Gasteiger partial charge on any atom is -0.461 e. The van der Waals surface area contributed by atoms with Crippen molar-refractivity contribution in [1.82, 2.24) is 0 Å². The fourth-order valence-corrected chi connectivity index (χ4v) is 0.848. The van der Waals surface area contributed by atoms with Gasteiger partial charge in [0.1, 0.15) is 0 Å². The number of aromatic nitrogens is 1. The first-order valence-electron chi connectivity index (χ1n) is 4.17. The van der Waals surface area contributed by atoms with Gasteiger partial charge in [0.15, 0.2) is 5.54 Å². The van der Waals surface area contributed by atoms with Crippen LogP contribution >= 0.6 is 0 Å². The third-order valence-electron chi connectivity index (χ3n) is 1.59. The highest BCUT2D eigenvalue weighted by atomic mass is 16.6. The minimum atomic E-state index is 0.0544. The van der Waals surface area contributed by atoms with Crippen LogP contribution in [-0.2, 0) is 5.54 Å². The monoisotopic (exact) mass is 170 g/mol. The van der Waals surface area contributed by atoms with E-state index in [9.17, 15) is 0 Å². The zero-order valence-electron chi connectivity index (χ0n) is 8.13. The molecule has 0 saturated carbocycles. The molecule has 0 N–H and O–H groups in total. The average molecular weight is 170 g/mol. The van der Waals surface area contributed by atoms with Gasteiger partial charge in [0.05, 0.1) is 6.61 Å². The summed E-state index contributed by atoms with van der Waals surface area (Å²) in [5.41, 5.74) is 0.0544. The smallest absolute Gasteiger partial charge is 0.356 e. The zero-order chi connectivity index (χ0) is 9.19. The number of nitrogens with zero attached hydrogens (tertiary/aromatic N) is 1. The Labute approximate surface area is 73.0 Å². The van der Waals surface area contributed by atoms with Gasteiger partial charge < -0.3 is 9.15 Å². The molecule has 0 aliphatic heterocycles. The highest BCUT2D eigenvalue weighted by Gasteiger charge is 2.24. The van der Waals surface area contributed by atoms with Gasteiger partial charge in [-0.05, 0) is 6.92 Å². The number of ether oxygens (including phenoxy) is 1. The first kappa shape index (κ1) is 9.10. The second kappa shape index (κ2) is 3.17. The normalized spacial score (nSPS) is 11.7. The van der Waals surface area contributed by atoms with E-state index in [1.54, 1.807) is 6.39 Å². The van der Waals surface area contributed by atoms with Crippen molar-refractivity contribution >= 4 is 0 Å². The van der Waals surface area contributed by atoms with Crippen molar-refractivity contribution in [1.29, 1.82) is 0 Å². The Balaban J connectivity index is 2.77. The summed E-state index contributed by atoms with van der Waals surface area (Å²) in [7, 11) is 0. The van der Waals surface area contributed by atoms with Crippen LogP contribution in [0.5, 0.6) is 5.95 Å². The zero-order valence-corrected chi connectivity index (χ0v) is 8.13. The highest BCUT2D eigenvalue weighted by Crippen LogP contribution is 2.11.